The van der Waals surface area contributed by atoms with Crippen molar-refractivity contribution in [2.75, 3.05) is 5.73 Å². The van der Waals surface area contributed by atoms with E-state index in [-0.39, 0.29) is 11.5 Å². The third-order valence-corrected chi connectivity index (χ3v) is 3.86. The molecule has 0 amide bonds. The molecule has 0 aliphatic heterocycles. The van der Waals surface area contributed by atoms with Crippen LogP contribution in [0.1, 0.15) is 21.8 Å². The first-order chi connectivity index (χ1) is 11.6. The summed E-state index contributed by atoms with van der Waals surface area (Å²) in [5.74, 6) is 0.390. The number of aromatic nitrogens is 3. The highest BCUT2D eigenvalue weighted by Crippen LogP contribution is 2.27. The number of nitrogens with two attached hydrogens (primary N) is 1. The number of benzene rings is 1. The highest BCUT2D eigenvalue weighted by Gasteiger charge is 2.18. The second-order valence-electron chi connectivity index (χ2n) is 5.60. The summed E-state index contributed by atoms with van der Waals surface area (Å²) in [5, 5.41) is 4.53. The summed E-state index contributed by atoms with van der Waals surface area (Å²) in [5.41, 5.74) is 9.79. The van der Waals surface area contributed by atoms with E-state index in [1.54, 1.807) is 25.4 Å². The molecule has 0 saturated heterocycles. The summed E-state index contributed by atoms with van der Waals surface area (Å²) < 4.78 is 4.99. The first kappa shape index (κ1) is 14.2. The zero-order valence-corrected chi connectivity index (χ0v) is 12.9. The van der Waals surface area contributed by atoms with Crippen molar-refractivity contribution < 1.29 is 9.32 Å². The minimum Gasteiger partial charge on any atom is -0.399 e. The lowest BCUT2D eigenvalue weighted by Crippen LogP contribution is -2.00. The maximum absolute atomic E-state index is 12.6. The first-order valence-electron chi connectivity index (χ1n) is 7.43. The number of ketones is 1. The third-order valence-electron chi connectivity index (χ3n) is 3.86. The summed E-state index contributed by atoms with van der Waals surface area (Å²) >= 11 is 0. The molecule has 0 unspecified atom stereocenters. The predicted octanol–water partition coefficient (Wildman–Crippen LogP) is 3.34. The zero-order valence-electron chi connectivity index (χ0n) is 12.9. The molecule has 1 aromatic carbocycles. The van der Waals surface area contributed by atoms with Gasteiger partial charge in [0.15, 0.2) is 5.69 Å². The highest BCUT2D eigenvalue weighted by molar-refractivity contribution is 6.15. The summed E-state index contributed by atoms with van der Waals surface area (Å²) in [4.78, 5) is 20.1. The van der Waals surface area contributed by atoms with Crippen molar-refractivity contribution in [2.45, 2.75) is 6.92 Å². The molecule has 3 aromatic heterocycles. The van der Waals surface area contributed by atoms with E-state index < -0.39 is 0 Å². The molecule has 0 aliphatic carbocycles. The summed E-state index contributed by atoms with van der Waals surface area (Å²) in [6.07, 6.45) is 3.40. The molecule has 3 heterocycles. The smallest absolute Gasteiger partial charge is 0.217 e. The number of fused-ring (bicyclic) bond motifs is 1. The van der Waals surface area contributed by atoms with Gasteiger partial charge in [-0.2, -0.15) is 0 Å². The quantitative estimate of drug-likeness (QED) is 0.446. The number of hydrogen-bond acceptors (Lipinski definition) is 5. The van der Waals surface area contributed by atoms with Gasteiger partial charge in [-0.25, -0.2) is 4.98 Å². The van der Waals surface area contributed by atoms with Gasteiger partial charge in [0, 0.05) is 35.1 Å². The van der Waals surface area contributed by atoms with E-state index in [0.717, 1.165) is 16.5 Å². The van der Waals surface area contributed by atoms with E-state index in [1.165, 1.54) is 0 Å². The SMILES string of the molecule is Cc1cc(C(=O)c2c[nH]c3ncc(-c4cccc(N)c4)cc23)no1. The number of aryl methyl sites for hydroxylation is 1. The fourth-order valence-electron chi connectivity index (χ4n) is 2.68. The molecule has 4 rings (SSSR count). The topological polar surface area (TPSA) is 97.8 Å². The number of pyridine rings is 1. The van der Waals surface area contributed by atoms with E-state index in [2.05, 4.69) is 15.1 Å². The number of nitrogens with one attached hydrogen (secondary N) is 1. The molecule has 0 atom stereocenters. The van der Waals surface area contributed by atoms with Gasteiger partial charge in [-0.15, -0.1) is 0 Å². The van der Waals surface area contributed by atoms with E-state index >= 15 is 0 Å². The Kier molecular flexibility index (Phi) is 3.16. The van der Waals surface area contributed by atoms with Crippen LogP contribution < -0.4 is 5.73 Å². The van der Waals surface area contributed by atoms with Crippen LogP contribution in [0, 0.1) is 6.92 Å². The molecule has 0 spiro atoms. The Bertz CT molecular complexity index is 1060. The second-order valence-corrected chi connectivity index (χ2v) is 5.60. The largest absolute Gasteiger partial charge is 0.399 e. The van der Waals surface area contributed by atoms with Crippen LogP contribution in [-0.2, 0) is 0 Å². The predicted molar refractivity (Wildman–Crippen MR) is 90.6 cm³/mol. The number of nitrogens with zero attached hydrogens (tertiary/aromatic N) is 2. The van der Waals surface area contributed by atoms with Crippen molar-refractivity contribution >= 4 is 22.5 Å². The second kappa shape index (κ2) is 5.34. The van der Waals surface area contributed by atoms with Crippen molar-refractivity contribution in [3.05, 3.63) is 65.8 Å². The Hall–Kier alpha value is -3.41. The molecule has 0 bridgehead atoms. The summed E-state index contributed by atoms with van der Waals surface area (Å²) in [7, 11) is 0. The van der Waals surface area contributed by atoms with Crippen molar-refractivity contribution in [3.63, 3.8) is 0 Å². The maximum Gasteiger partial charge on any atom is 0.217 e. The van der Waals surface area contributed by atoms with Gasteiger partial charge >= 0.3 is 0 Å². The van der Waals surface area contributed by atoms with Gasteiger partial charge in [-0.05, 0) is 30.7 Å². The summed E-state index contributed by atoms with van der Waals surface area (Å²) in [6, 6.07) is 11.1. The van der Waals surface area contributed by atoms with E-state index in [1.807, 2.05) is 30.3 Å². The monoisotopic (exact) mass is 318 g/mol. The minimum absolute atomic E-state index is 0.204. The molecule has 0 aliphatic rings. The van der Waals surface area contributed by atoms with Crippen molar-refractivity contribution in [3.8, 4) is 11.1 Å². The Morgan fingerprint density at radius 2 is 2.08 bits per heavy atom. The van der Waals surface area contributed by atoms with Gasteiger partial charge in [0.25, 0.3) is 0 Å². The molecule has 0 fully saturated rings. The highest BCUT2D eigenvalue weighted by atomic mass is 16.5. The van der Waals surface area contributed by atoms with Gasteiger partial charge in [-0.1, -0.05) is 17.3 Å². The molecule has 0 saturated carbocycles. The lowest BCUT2D eigenvalue weighted by atomic mass is 10.0. The number of aromatic amines is 1. The number of carbonyl (C=O) groups is 1. The molecule has 118 valence electrons. The van der Waals surface area contributed by atoms with E-state index in [4.69, 9.17) is 10.3 Å². The standard InChI is InChI=1S/C18H14N4O2/c1-10-5-16(22-24-10)17(23)15-9-21-18-14(15)7-12(8-20-18)11-3-2-4-13(19)6-11/h2-9H,19H2,1H3,(H,20,21). The third kappa shape index (κ3) is 2.34. The molecular weight excluding hydrogens is 304 g/mol. The number of carbonyl (C=O) groups excluding carboxylic acids is 1. The Morgan fingerprint density at radius 1 is 1.21 bits per heavy atom. The van der Waals surface area contributed by atoms with Crippen LogP contribution in [0.5, 0.6) is 0 Å². The van der Waals surface area contributed by atoms with Crippen LogP contribution in [0.2, 0.25) is 0 Å². The molecular formula is C18H14N4O2. The number of nitrogen functional groups attached to an aromatic ring is 1. The lowest BCUT2D eigenvalue weighted by Gasteiger charge is -2.03. The average Bonchev–Trinajstić information content (AvgIpc) is 3.20. The number of anilines is 1. The Labute approximate surface area is 137 Å². The van der Waals surface area contributed by atoms with Crippen LogP contribution in [-0.4, -0.2) is 20.9 Å². The fourth-order valence-corrected chi connectivity index (χ4v) is 2.68. The molecule has 6 heteroatoms. The first-order valence-corrected chi connectivity index (χ1v) is 7.43. The van der Waals surface area contributed by atoms with Crippen molar-refractivity contribution in [1.29, 1.82) is 0 Å². The van der Waals surface area contributed by atoms with Crippen LogP contribution in [0.15, 0.2) is 53.3 Å². The summed E-state index contributed by atoms with van der Waals surface area (Å²) in [6.45, 7) is 1.75. The van der Waals surface area contributed by atoms with Crippen LogP contribution >= 0.6 is 0 Å². The fraction of sp³-hybridized carbons (Fsp3) is 0.0556. The van der Waals surface area contributed by atoms with Gasteiger partial charge < -0.3 is 15.2 Å². The molecule has 0 radical (unpaired) electrons. The van der Waals surface area contributed by atoms with Crippen LogP contribution in [0.25, 0.3) is 22.2 Å². The molecule has 6 nitrogen and oxygen atoms in total. The molecule has 3 N–H and O–H groups in total. The Balaban J connectivity index is 1.83. The van der Waals surface area contributed by atoms with Crippen LogP contribution in [0.3, 0.4) is 0 Å². The minimum atomic E-state index is -0.204. The lowest BCUT2D eigenvalue weighted by molar-refractivity contribution is 0.103. The maximum atomic E-state index is 12.6. The average molecular weight is 318 g/mol. The van der Waals surface area contributed by atoms with Gasteiger partial charge in [0.1, 0.15) is 11.4 Å². The normalized spacial score (nSPS) is 11.0. The van der Waals surface area contributed by atoms with Crippen molar-refractivity contribution in [2.24, 2.45) is 0 Å². The van der Waals surface area contributed by atoms with Crippen LogP contribution in [0.4, 0.5) is 5.69 Å². The number of rotatable bonds is 3. The molecule has 24 heavy (non-hydrogen) atoms. The van der Waals surface area contributed by atoms with E-state index in [0.29, 0.717) is 22.7 Å². The van der Waals surface area contributed by atoms with Gasteiger partial charge in [0.05, 0.1) is 5.56 Å². The van der Waals surface area contributed by atoms with Gasteiger partial charge in [-0.3, -0.25) is 4.79 Å². The Morgan fingerprint density at radius 3 is 2.83 bits per heavy atom. The number of hydrogen-bond donors (Lipinski definition) is 2. The zero-order chi connectivity index (χ0) is 16.7. The van der Waals surface area contributed by atoms with Crippen molar-refractivity contribution in [1.82, 2.24) is 15.1 Å². The van der Waals surface area contributed by atoms with Gasteiger partial charge in [0.2, 0.25) is 5.78 Å². The molecule has 4 aromatic rings. The van der Waals surface area contributed by atoms with E-state index in [9.17, 15) is 4.79 Å². The number of H-pyrrole nitrogens is 1.